The quantitative estimate of drug-likeness (QED) is 0.503. The van der Waals surface area contributed by atoms with Gasteiger partial charge in [-0.05, 0) is 55.1 Å². The Morgan fingerprint density at radius 3 is 2.33 bits per heavy atom. The maximum atomic E-state index is 3.90. The molecule has 0 N–H and O–H groups in total. The molecule has 110 valence electrons. The lowest BCUT2D eigenvalue weighted by atomic mass is 9.84. The predicted molar refractivity (Wildman–Crippen MR) is 96.1 cm³/mol. The second kappa shape index (κ2) is 8.26. The third-order valence-corrected chi connectivity index (χ3v) is 3.85. The zero-order valence-corrected chi connectivity index (χ0v) is 13.5. The van der Waals surface area contributed by atoms with Crippen LogP contribution in [0.2, 0.25) is 0 Å². The van der Waals surface area contributed by atoms with E-state index in [-0.39, 0.29) is 0 Å². The van der Waals surface area contributed by atoms with Crippen LogP contribution < -0.4 is 0 Å². The fourth-order valence-electron chi connectivity index (χ4n) is 2.66. The zero-order chi connectivity index (χ0) is 15.8. The predicted octanol–water partition coefficient (Wildman–Crippen LogP) is 6.26. The van der Waals surface area contributed by atoms with Gasteiger partial charge in [0.25, 0.3) is 0 Å². The molecule has 0 aliphatic heterocycles. The van der Waals surface area contributed by atoms with E-state index in [1.165, 1.54) is 27.9 Å². The fraction of sp³-hybridized carbons (Fsp3) is 0.238. The van der Waals surface area contributed by atoms with E-state index in [0.717, 1.165) is 6.42 Å². The Morgan fingerprint density at radius 1 is 1.19 bits per heavy atom. The summed E-state index contributed by atoms with van der Waals surface area (Å²) in [6.07, 6.45) is 17.7. The van der Waals surface area contributed by atoms with Gasteiger partial charge in [0.1, 0.15) is 0 Å². The smallest absolute Gasteiger partial charge is 0.00526 e. The van der Waals surface area contributed by atoms with Gasteiger partial charge in [-0.2, -0.15) is 0 Å². The molecule has 1 unspecified atom stereocenters. The highest BCUT2D eigenvalue weighted by Crippen LogP contribution is 2.31. The van der Waals surface area contributed by atoms with Gasteiger partial charge in [0.05, 0.1) is 0 Å². The van der Waals surface area contributed by atoms with Gasteiger partial charge in [-0.1, -0.05) is 68.3 Å². The van der Waals surface area contributed by atoms with Crippen LogP contribution in [0.1, 0.15) is 27.2 Å². The summed E-state index contributed by atoms with van der Waals surface area (Å²) in [6, 6.07) is 0. The number of rotatable bonds is 6. The lowest BCUT2D eigenvalue weighted by Gasteiger charge is -2.20. The number of hydrogen-bond donors (Lipinski definition) is 0. The highest BCUT2D eigenvalue weighted by atomic mass is 14.2. The van der Waals surface area contributed by atoms with Crippen LogP contribution >= 0.6 is 0 Å². The van der Waals surface area contributed by atoms with E-state index < -0.39 is 0 Å². The van der Waals surface area contributed by atoms with E-state index in [4.69, 9.17) is 0 Å². The van der Waals surface area contributed by atoms with Gasteiger partial charge in [-0.15, -0.1) is 0 Å². The molecule has 0 radical (unpaired) electrons. The normalized spacial score (nSPS) is 20.5. The van der Waals surface area contributed by atoms with Crippen LogP contribution in [0.15, 0.2) is 96.2 Å². The van der Waals surface area contributed by atoms with Crippen molar-refractivity contribution < 1.29 is 0 Å². The first-order valence-electron chi connectivity index (χ1n) is 7.39. The average Bonchev–Trinajstić information content (AvgIpc) is 2.50. The van der Waals surface area contributed by atoms with Crippen molar-refractivity contribution in [2.45, 2.75) is 27.2 Å². The van der Waals surface area contributed by atoms with Crippen molar-refractivity contribution in [1.82, 2.24) is 0 Å². The average molecular weight is 278 g/mol. The molecule has 0 amide bonds. The van der Waals surface area contributed by atoms with E-state index in [2.05, 4.69) is 64.8 Å². The summed E-state index contributed by atoms with van der Waals surface area (Å²) in [6.45, 7) is 17.9. The summed E-state index contributed by atoms with van der Waals surface area (Å²) < 4.78 is 0. The lowest BCUT2D eigenvalue weighted by molar-refractivity contribution is 0.779. The van der Waals surface area contributed by atoms with Gasteiger partial charge in [0, 0.05) is 5.92 Å². The Labute approximate surface area is 130 Å². The largest absolute Gasteiger partial charge is 0.0991 e. The van der Waals surface area contributed by atoms with Crippen molar-refractivity contribution in [1.29, 1.82) is 0 Å². The van der Waals surface area contributed by atoms with Crippen LogP contribution in [0.3, 0.4) is 0 Å². The molecular weight excluding hydrogens is 252 g/mol. The molecule has 0 aromatic rings. The molecule has 0 saturated heterocycles. The first kappa shape index (κ1) is 17.0. The molecule has 0 bridgehead atoms. The van der Waals surface area contributed by atoms with Gasteiger partial charge in [0.2, 0.25) is 0 Å². The molecule has 0 nitrogen and oxygen atoms in total. The highest BCUT2D eigenvalue weighted by Gasteiger charge is 2.14. The van der Waals surface area contributed by atoms with E-state index >= 15 is 0 Å². The minimum atomic E-state index is 0.435. The Morgan fingerprint density at radius 2 is 1.90 bits per heavy atom. The van der Waals surface area contributed by atoms with Gasteiger partial charge in [-0.25, -0.2) is 0 Å². The van der Waals surface area contributed by atoms with Crippen molar-refractivity contribution in [2.24, 2.45) is 5.92 Å². The van der Waals surface area contributed by atoms with E-state index in [9.17, 15) is 0 Å². The molecule has 0 aromatic carbocycles. The lowest BCUT2D eigenvalue weighted by Crippen LogP contribution is -2.04. The Hall–Kier alpha value is -2.08. The highest BCUT2D eigenvalue weighted by molar-refractivity contribution is 5.57. The first-order chi connectivity index (χ1) is 10.1. The van der Waals surface area contributed by atoms with E-state index in [0.29, 0.717) is 5.92 Å². The molecule has 0 saturated carbocycles. The molecule has 21 heavy (non-hydrogen) atoms. The molecule has 0 heteroatoms. The van der Waals surface area contributed by atoms with Crippen molar-refractivity contribution in [3.63, 3.8) is 0 Å². The van der Waals surface area contributed by atoms with Gasteiger partial charge in [0.15, 0.2) is 0 Å². The van der Waals surface area contributed by atoms with Crippen molar-refractivity contribution in [3.05, 3.63) is 96.2 Å². The minimum Gasteiger partial charge on any atom is -0.0991 e. The topological polar surface area (TPSA) is 0 Å². The first-order valence-corrected chi connectivity index (χ1v) is 7.39. The zero-order valence-electron chi connectivity index (χ0n) is 13.5. The summed E-state index contributed by atoms with van der Waals surface area (Å²) >= 11 is 0. The Kier molecular flexibility index (Phi) is 6.68. The Bertz CT molecular complexity index is 571. The van der Waals surface area contributed by atoms with Crippen LogP contribution in [0, 0.1) is 5.92 Å². The van der Waals surface area contributed by atoms with Crippen molar-refractivity contribution in [2.75, 3.05) is 0 Å². The molecule has 0 spiro atoms. The van der Waals surface area contributed by atoms with Crippen LogP contribution in [0.5, 0.6) is 0 Å². The van der Waals surface area contributed by atoms with Crippen LogP contribution in [0.4, 0.5) is 0 Å². The Balaban J connectivity index is 3.14. The van der Waals surface area contributed by atoms with Crippen LogP contribution in [-0.4, -0.2) is 0 Å². The van der Waals surface area contributed by atoms with Crippen molar-refractivity contribution in [3.8, 4) is 0 Å². The maximum absolute atomic E-state index is 3.90. The van der Waals surface area contributed by atoms with Crippen molar-refractivity contribution >= 4 is 0 Å². The molecule has 1 atom stereocenters. The molecule has 1 aliphatic rings. The second-order valence-corrected chi connectivity index (χ2v) is 5.20. The monoisotopic (exact) mass is 278 g/mol. The molecular formula is C21H26. The molecule has 0 heterocycles. The van der Waals surface area contributed by atoms with Crippen LogP contribution in [-0.2, 0) is 0 Å². The summed E-state index contributed by atoms with van der Waals surface area (Å²) in [4.78, 5) is 0. The summed E-state index contributed by atoms with van der Waals surface area (Å²) in [5.41, 5.74) is 6.20. The molecule has 0 fully saturated rings. The van der Waals surface area contributed by atoms with Gasteiger partial charge >= 0.3 is 0 Å². The summed E-state index contributed by atoms with van der Waals surface area (Å²) in [5.74, 6) is 0.435. The minimum absolute atomic E-state index is 0.435. The number of allylic oxidation sites excluding steroid dienone is 13. The third kappa shape index (κ3) is 4.19. The van der Waals surface area contributed by atoms with Gasteiger partial charge in [-0.3, -0.25) is 0 Å². The van der Waals surface area contributed by atoms with Gasteiger partial charge < -0.3 is 0 Å². The molecule has 0 aromatic heterocycles. The van der Waals surface area contributed by atoms with E-state index in [1.807, 2.05) is 24.3 Å². The maximum Gasteiger partial charge on any atom is 0.00526 e. The summed E-state index contributed by atoms with van der Waals surface area (Å²) in [7, 11) is 0. The molecule has 1 rings (SSSR count). The molecule has 1 aliphatic carbocycles. The number of hydrogen-bond acceptors (Lipinski definition) is 0. The third-order valence-electron chi connectivity index (χ3n) is 3.85. The fourth-order valence-corrected chi connectivity index (χ4v) is 2.66. The SMILES string of the molecule is C=C/C=C(C)/C(C1=CCC(/C(C=C)=C/C)C=C1)=C(\C)C=C. The standard InChI is InChI=1S/C21H26/c1-7-11-17(6)21(16(5)8-2)20-14-12-19(13-15-20)18(9-3)10-4/h7-12,14-15,19H,1-3,13H2,4-6H3/b17-11+,18-10+,21-16-. The summed E-state index contributed by atoms with van der Waals surface area (Å²) in [5, 5.41) is 0. The van der Waals surface area contributed by atoms with Crippen LogP contribution in [0.25, 0.3) is 0 Å². The van der Waals surface area contributed by atoms with E-state index in [1.54, 1.807) is 0 Å². The second-order valence-electron chi connectivity index (χ2n) is 5.20.